The van der Waals surface area contributed by atoms with E-state index in [1.807, 2.05) is 54.6 Å². The Morgan fingerprint density at radius 2 is 1.54 bits per heavy atom. The van der Waals surface area contributed by atoms with Crippen LogP contribution in [0, 0.1) is 6.92 Å². The number of hydrogen-bond acceptors (Lipinski definition) is 2. The number of hydrogen-bond donors (Lipinski definition) is 1. The molecule has 0 heterocycles. The van der Waals surface area contributed by atoms with Crippen molar-refractivity contribution in [3.05, 3.63) is 95.6 Å². The minimum atomic E-state index is 0.0172. The third kappa shape index (κ3) is 5.49. The highest BCUT2D eigenvalue weighted by Gasteiger charge is 2.04. The second kappa shape index (κ2) is 8.86. The van der Waals surface area contributed by atoms with Crippen LogP contribution in [0.25, 0.3) is 0 Å². The number of aryl methyl sites for hydroxylation is 2. The molecule has 3 aromatic carbocycles. The summed E-state index contributed by atoms with van der Waals surface area (Å²) in [6.07, 6.45) is 1.21. The van der Waals surface area contributed by atoms with E-state index < -0.39 is 0 Å². The normalized spacial score (nSPS) is 10.3. The third-order valence-electron chi connectivity index (χ3n) is 4.15. The fourth-order valence-electron chi connectivity index (χ4n) is 2.61. The van der Waals surface area contributed by atoms with E-state index in [0.29, 0.717) is 13.0 Å². The van der Waals surface area contributed by atoms with Crippen LogP contribution in [0.4, 0.5) is 5.69 Å². The van der Waals surface area contributed by atoms with Gasteiger partial charge < -0.3 is 10.1 Å². The minimum Gasteiger partial charge on any atom is -0.489 e. The second-order valence-electron chi connectivity index (χ2n) is 6.33. The highest BCUT2D eigenvalue weighted by molar-refractivity contribution is 5.90. The van der Waals surface area contributed by atoms with Gasteiger partial charge in [-0.3, -0.25) is 4.79 Å². The van der Waals surface area contributed by atoms with Gasteiger partial charge in [-0.05, 0) is 48.7 Å². The number of carbonyl (C=O) groups is 1. The van der Waals surface area contributed by atoms with Crippen LogP contribution in [0.3, 0.4) is 0 Å². The Hall–Kier alpha value is -3.07. The van der Waals surface area contributed by atoms with Crippen LogP contribution in [-0.4, -0.2) is 5.91 Å². The molecule has 0 bridgehead atoms. The number of amides is 1. The van der Waals surface area contributed by atoms with Crippen molar-refractivity contribution < 1.29 is 9.53 Å². The molecule has 0 aliphatic heterocycles. The largest absolute Gasteiger partial charge is 0.489 e. The van der Waals surface area contributed by atoms with Crippen LogP contribution in [0.2, 0.25) is 0 Å². The molecular weight excluding hydrogens is 322 g/mol. The summed E-state index contributed by atoms with van der Waals surface area (Å²) >= 11 is 0. The van der Waals surface area contributed by atoms with Crippen molar-refractivity contribution in [1.82, 2.24) is 0 Å². The van der Waals surface area contributed by atoms with Gasteiger partial charge in [0, 0.05) is 12.1 Å². The number of ether oxygens (including phenoxy) is 1. The maximum Gasteiger partial charge on any atom is 0.224 e. The van der Waals surface area contributed by atoms with E-state index >= 15 is 0 Å². The zero-order chi connectivity index (χ0) is 18.2. The summed E-state index contributed by atoms with van der Waals surface area (Å²) in [4.78, 5) is 12.1. The van der Waals surface area contributed by atoms with E-state index in [1.54, 1.807) is 0 Å². The second-order valence-corrected chi connectivity index (χ2v) is 6.33. The molecule has 1 amide bonds. The van der Waals surface area contributed by atoms with Crippen molar-refractivity contribution >= 4 is 11.6 Å². The number of rotatable bonds is 7. The molecule has 132 valence electrons. The highest BCUT2D eigenvalue weighted by atomic mass is 16.5. The predicted molar refractivity (Wildman–Crippen MR) is 105 cm³/mol. The average molecular weight is 345 g/mol. The van der Waals surface area contributed by atoms with Gasteiger partial charge in [-0.2, -0.15) is 0 Å². The van der Waals surface area contributed by atoms with Crippen molar-refractivity contribution in [3.63, 3.8) is 0 Å². The number of benzene rings is 3. The zero-order valence-electron chi connectivity index (χ0n) is 14.9. The van der Waals surface area contributed by atoms with Gasteiger partial charge in [-0.25, -0.2) is 0 Å². The van der Waals surface area contributed by atoms with Gasteiger partial charge in [-0.1, -0.05) is 60.2 Å². The molecule has 0 saturated carbocycles. The van der Waals surface area contributed by atoms with Crippen LogP contribution in [0.5, 0.6) is 5.75 Å². The molecule has 3 rings (SSSR count). The van der Waals surface area contributed by atoms with Gasteiger partial charge in [0.2, 0.25) is 5.91 Å². The Morgan fingerprint density at radius 1 is 0.846 bits per heavy atom. The fourth-order valence-corrected chi connectivity index (χ4v) is 2.61. The van der Waals surface area contributed by atoms with Crippen LogP contribution in [-0.2, 0) is 17.8 Å². The topological polar surface area (TPSA) is 38.3 Å². The Labute approximate surface area is 154 Å². The lowest BCUT2D eigenvalue weighted by molar-refractivity contribution is -0.116. The SMILES string of the molecule is Cc1ccc(CCC(=O)Nc2ccc(OCc3ccccc3)cc2)cc1. The van der Waals surface area contributed by atoms with Crippen molar-refractivity contribution in [3.8, 4) is 5.75 Å². The summed E-state index contributed by atoms with van der Waals surface area (Å²) in [6.45, 7) is 2.59. The average Bonchev–Trinajstić information content (AvgIpc) is 2.68. The van der Waals surface area contributed by atoms with E-state index in [-0.39, 0.29) is 5.91 Å². The molecule has 0 aliphatic carbocycles. The molecule has 26 heavy (non-hydrogen) atoms. The molecule has 0 spiro atoms. The molecule has 0 unspecified atom stereocenters. The molecule has 0 saturated heterocycles. The van der Waals surface area contributed by atoms with Crippen molar-refractivity contribution in [1.29, 1.82) is 0 Å². The van der Waals surface area contributed by atoms with Crippen LogP contribution in [0.1, 0.15) is 23.1 Å². The van der Waals surface area contributed by atoms with E-state index in [0.717, 1.165) is 23.4 Å². The fraction of sp³-hybridized carbons (Fsp3) is 0.174. The molecule has 0 fully saturated rings. The molecule has 3 nitrogen and oxygen atoms in total. The molecule has 0 radical (unpaired) electrons. The van der Waals surface area contributed by atoms with Crippen molar-refractivity contribution in [2.75, 3.05) is 5.32 Å². The van der Waals surface area contributed by atoms with E-state index in [4.69, 9.17) is 4.74 Å². The quantitative estimate of drug-likeness (QED) is 0.643. The maximum absolute atomic E-state index is 12.1. The highest BCUT2D eigenvalue weighted by Crippen LogP contribution is 2.17. The molecule has 3 aromatic rings. The smallest absolute Gasteiger partial charge is 0.224 e. The van der Waals surface area contributed by atoms with Crippen LogP contribution in [0.15, 0.2) is 78.9 Å². The molecule has 0 atom stereocenters. The summed E-state index contributed by atoms with van der Waals surface area (Å²) < 4.78 is 5.75. The van der Waals surface area contributed by atoms with E-state index in [2.05, 4.69) is 36.5 Å². The first-order chi connectivity index (χ1) is 12.7. The first-order valence-electron chi connectivity index (χ1n) is 8.81. The van der Waals surface area contributed by atoms with E-state index in [9.17, 15) is 4.79 Å². The summed E-state index contributed by atoms with van der Waals surface area (Å²) in [5.74, 6) is 0.801. The molecule has 0 aromatic heterocycles. The van der Waals surface area contributed by atoms with E-state index in [1.165, 1.54) is 11.1 Å². The summed E-state index contributed by atoms with van der Waals surface area (Å²) in [5.41, 5.74) is 4.31. The number of anilines is 1. The number of carbonyl (C=O) groups excluding carboxylic acids is 1. The first kappa shape index (κ1) is 17.7. The predicted octanol–water partition coefficient (Wildman–Crippen LogP) is 5.15. The molecule has 0 aliphatic rings. The lowest BCUT2D eigenvalue weighted by atomic mass is 10.1. The first-order valence-corrected chi connectivity index (χ1v) is 8.81. The Balaban J connectivity index is 1.45. The van der Waals surface area contributed by atoms with Crippen LogP contribution >= 0.6 is 0 Å². The Bertz CT molecular complexity index is 824. The summed E-state index contributed by atoms with van der Waals surface area (Å²) in [7, 11) is 0. The van der Waals surface area contributed by atoms with Gasteiger partial charge in [0.1, 0.15) is 12.4 Å². The molecule has 3 heteroatoms. The van der Waals surface area contributed by atoms with Gasteiger partial charge in [-0.15, -0.1) is 0 Å². The van der Waals surface area contributed by atoms with Gasteiger partial charge in [0.05, 0.1) is 0 Å². The minimum absolute atomic E-state index is 0.0172. The zero-order valence-corrected chi connectivity index (χ0v) is 14.9. The lowest BCUT2D eigenvalue weighted by Gasteiger charge is -2.09. The summed E-state index contributed by atoms with van der Waals surface area (Å²) in [6, 6.07) is 25.8. The molecular formula is C23H23NO2. The summed E-state index contributed by atoms with van der Waals surface area (Å²) in [5, 5.41) is 2.93. The Morgan fingerprint density at radius 3 is 2.23 bits per heavy atom. The Kier molecular flexibility index (Phi) is 6.05. The third-order valence-corrected chi connectivity index (χ3v) is 4.15. The van der Waals surface area contributed by atoms with Gasteiger partial charge >= 0.3 is 0 Å². The standard InChI is InChI=1S/C23H23NO2/c1-18-7-9-19(10-8-18)11-16-23(25)24-21-12-14-22(15-13-21)26-17-20-5-3-2-4-6-20/h2-10,12-15H,11,16-17H2,1H3,(H,24,25). The van der Waals surface area contributed by atoms with Crippen molar-refractivity contribution in [2.24, 2.45) is 0 Å². The number of nitrogens with one attached hydrogen (secondary N) is 1. The maximum atomic E-state index is 12.1. The monoisotopic (exact) mass is 345 g/mol. The van der Waals surface area contributed by atoms with Gasteiger partial charge in [0.15, 0.2) is 0 Å². The lowest BCUT2D eigenvalue weighted by Crippen LogP contribution is -2.12. The van der Waals surface area contributed by atoms with Gasteiger partial charge in [0.25, 0.3) is 0 Å². The van der Waals surface area contributed by atoms with Crippen molar-refractivity contribution in [2.45, 2.75) is 26.4 Å². The van der Waals surface area contributed by atoms with Crippen LogP contribution < -0.4 is 10.1 Å². The molecule has 1 N–H and O–H groups in total.